The number of aryl methyl sites for hydroxylation is 1. The fraction of sp³-hybridized carbons (Fsp3) is 0.368. The summed E-state index contributed by atoms with van der Waals surface area (Å²) in [5.74, 6) is -0.650. The largest absolute Gasteiger partial charge is 0.379 e. The molecule has 8 heteroatoms. The van der Waals surface area contributed by atoms with Crippen LogP contribution in [0.1, 0.15) is 17.2 Å². The number of hydrogen-bond acceptors (Lipinski definition) is 4. The normalized spacial score (nSPS) is 17.0. The van der Waals surface area contributed by atoms with Gasteiger partial charge in [0.15, 0.2) is 0 Å². The van der Waals surface area contributed by atoms with Crippen LogP contribution in [-0.4, -0.2) is 46.2 Å². The fourth-order valence-corrected chi connectivity index (χ4v) is 4.72. The van der Waals surface area contributed by atoms with Gasteiger partial charge in [0.2, 0.25) is 10.0 Å². The number of ether oxygens (including phenoxy) is 1. The van der Waals surface area contributed by atoms with Crippen molar-refractivity contribution in [1.82, 2.24) is 9.62 Å². The molecule has 2 aromatic rings. The zero-order valence-corrected chi connectivity index (χ0v) is 16.6. The third kappa shape index (κ3) is 5.06. The van der Waals surface area contributed by atoms with E-state index in [1.165, 1.54) is 6.07 Å². The van der Waals surface area contributed by atoms with Gasteiger partial charge in [-0.15, -0.1) is 0 Å². The molecule has 1 unspecified atom stereocenters. The summed E-state index contributed by atoms with van der Waals surface area (Å²) in [6, 6.07) is 11.1. The molecular weight excluding hydrogens is 391 g/mol. The molecule has 0 aromatic heterocycles. The topological polar surface area (TPSA) is 58.6 Å². The van der Waals surface area contributed by atoms with Gasteiger partial charge in [-0.1, -0.05) is 41.4 Å². The molecule has 0 radical (unpaired) electrons. The van der Waals surface area contributed by atoms with Gasteiger partial charge in [-0.05, 0) is 30.7 Å². The van der Waals surface area contributed by atoms with Crippen LogP contribution in [0, 0.1) is 12.7 Å². The SMILES string of the molecule is Cc1cccc(C(CNS(=O)(=O)c2cc(F)ccc2Cl)N2CCOCC2)c1. The lowest BCUT2D eigenvalue weighted by molar-refractivity contribution is 0.0172. The van der Waals surface area contributed by atoms with Gasteiger partial charge in [0.05, 0.1) is 18.2 Å². The van der Waals surface area contributed by atoms with Crippen molar-refractivity contribution in [2.45, 2.75) is 17.9 Å². The Balaban J connectivity index is 1.84. The van der Waals surface area contributed by atoms with Crippen molar-refractivity contribution in [3.05, 3.63) is 64.4 Å². The molecule has 3 rings (SSSR count). The Morgan fingerprint density at radius 3 is 2.67 bits per heavy atom. The van der Waals surface area contributed by atoms with Crippen LogP contribution < -0.4 is 4.72 Å². The van der Waals surface area contributed by atoms with Crippen LogP contribution in [0.4, 0.5) is 4.39 Å². The molecule has 5 nitrogen and oxygen atoms in total. The Morgan fingerprint density at radius 2 is 1.96 bits per heavy atom. The molecule has 0 bridgehead atoms. The Morgan fingerprint density at radius 1 is 1.22 bits per heavy atom. The van der Waals surface area contributed by atoms with Crippen LogP contribution in [0.3, 0.4) is 0 Å². The molecule has 0 saturated carbocycles. The fourth-order valence-electron chi connectivity index (χ4n) is 3.17. The van der Waals surface area contributed by atoms with Gasteiger partial charge in [-0.3, -0.25) is 4.90 Å². The smallest absolute Gasteiger partial charge is 0.242 e. The van der Waals surface area contributed by atoms with E-state index in [0.717, 1.165) is 23.3 Å². The van der Waals surface area contributed by atoms with E-state index in [-0.39, 0.29) is 22.5 Å². The standard InChI is InChI=1S/C19H22ClFN2O3S/c1-14-3-2-4-15(11-14)18(23-7-9-26-10-8-23)13-22-27(24,25)19-12-16(21)5-6-17(19)20/h2-6,11-12,18,22H,7-10,13H2,1H3. The Kier molecular flexibility index (Phi) is 6.49. The minimum Gasteiger partial charge on any atom is -0.379 e. The third-order valence-electron chi connectivity index (χ3n) is 4.56. The minimum absolute atomic E-state index is 0.0117. The summed E-state index contributed by atoms with van der Waals surface area (Å²) >= 11 is 5.97. The predicted octanol–water partition coefficient (Wildman–Crippen LogP) is 3.14. The van der Waals surface area contributed by atoms with E-state index >= 15 is 0 Å². The van der Waals surface area contributed by atoms with Gasteiger partial charge in [0.1, 0.15) is 10.7 Å². The van der Waals surface area contributed by atoms with E-state index in [4.69, 9.17) is 16.3 Å². The summed E-state index contributed by atoms with van der Waals surface area (Å²) in [5, 5.41) is -0.0117. The Hall–Kier alpha value is -1.51. The van der Waals surface area contributed by atoms with E-state index in [9.17, 15) is 12.8 Å². The second-order valence-electron chi connectivity index (χ2n) is 6.50. The number of hydrogen-bond donors (Lipinski definition) is 1. The maximum Gasteiger partial charge on any atom is 0.242 e. The molecule has 0 aliphatic carbocycles. The molecule has 1 N–H and O–H groups in total. The quantitative estimate of drug-likeness (QED) is 0.791. The van der Waals surface area contributed by atoms with Crippen molar-refractivity contribution >= 4 is 21.6 Å². The first-order valence-corrected chi connectivity index (χ1v) is 10.6. The zero-order chi connectivity index (χ0) is 19.4. The first kappa shape index (κ1) is 20.2. The highest BCUT2D eigenvalue weighted by atomic mass is 35.5. The van der Waals surface area contributed by atoms with Crippen LogP contribution in [0.15, 0.2) is 47.4 Å². The highest BCUT2D eigenvalue weighted by Crippen LogP contribution is 2.25. The van der Waals surface area contributed by atoms with Crippen LogP contribution >= 0.6 is 11.6 Å². The minimum atomic E-state index is -3.95. The highest BCUT2D eigenvalue weighted by Gasteiger charge is 2.26. The van der Waals surface area contributed by atoms with Crippen LogP contribution in [0.5, 0.6) is 0 Å². The number of halogens is 2. The molecule has 1 fully saturated rings. The van der Waals surface area contributed by atoms with Gasteiger partial charge in [0, 0.05) is 25.7 Å². The maximum absolute atomic E-state index is 13.5. The van der Waals surface area contributed by atoms with Gasteiger partial charge in [-0.2, -0.15) is 0 Å². The van der Waals surface area contributed by atoms with Crippen molar-refractivity contribution < 1.29 is 17.5 Å². The van der Waals surface area contributed by atoms with Crippen molar-refractivity contribution in [3.63, 3.8) is 0 Å². The van der Waals surface area contributed by atoms with E-state index in [1.54, 1.807) is 0 Å². The monoisotopic (exact) mass is 412 g/mol. The second kappa shape index (κ2) is 8.67. The lowest BCUT2D eigenvalue weighted by Crippen LogP contribution is -2.43. The summed E-state index contributed by atoms with van der Waals surface area (Å²) in [6.07, 6.45) is 0. The van der Waals surface area contributed by atoms with Crippen molar-refractivity contribution in [2.24, 2.45) is 0 Å². The number of benzene rings is 2. The highest BCUT2D eigenvalue weighted by molar-refractivity contribution is 7.89. The average molecular weight is 413 g/mol. The number of sulfonamides is 1. The summed E-state index contributed by atoms with van der Waals surface area (Å²) < 4.78 is 46.9. The summed E-state index contributed by atoms with van der Waals surface area (Å²) in [4.78, 5) is 1.93. The molecule has 146 valence electrons. The van der Waals surface area contributed by atoms with Crippen LogP contribution in [0.2, 0.25) is 5.02 Å². The van der Waals surface area contributed by atoms with Crippen LogP contribution in [0.25, 0.3) is 0 Å². The molecular formula is C19H22ClFN2O3S. The first-order chi connectivity index (χ1) is 12.9. The van der Waals surface area contributed by atoms with Crippen molar-refractivity contribution in [1.29, 1.82) is 0 Å². The van der Waals surface area contributed by atoms with Crippen molar-refractivity contribution in [2.75, 3.05) is 32.8 Å². The second-order valence-corrected chi connectivity index (χ2v) is 8.65. The van der Waals surface area contributed by atoms with Crippen LogP contribution in [-0.2, 0) is 14.8 Å². The Labute approximate surface area is 164 Å². The molecule has 1 aliphatic heterocycles. The average Bonchev–Trinajstić information content (AvgIpc) is 2.65. The number of morpholine rings is 1. The molecule has 1 saturated heterocycles. The van der Waals surface area contributed by atoms with E-state index in [0.29, 0.717) is 26.3 Å². The number of nitrogens with zero attached hydrogens (tertiary/aromatic N) is 1. The zero-order valence-electron chi connectivity index (χ0n) is 15.0. The number of rotatable bonds is 6. The molecule has 2 aromatic carbocycles. The molecule has 1 aliphatic rings. The summed E-state index contributed by atoms with van der Waals surface area (Å²) in [6.45, 7) is 4.77. The molecule has 27 heavy (non-hydrogen) atoms. The third-order valence-corrected chi connectivity index (χ3v) is 6.47. The molecule has 0 amide bonds. The van der Waals surface area contributed by atoms with E-state index in [2.05, 4.69) is 9.62 Å². The lowest BCUT2D eigenvalue weighted by atomic mass is 10.0. The summed E-state index contributed by atoms with van der Waals surface area (Å²) in [7, 11) is -3.95. The number of nitrogens with one attached hydrogen (secondary N) is 1. The van der Waals surface area contributed by atoms with Crippen molar-refractivity contribution in [3.8, 4) is 0 Å². The van der Waals surface area contributed by atoms with E-state index < -0.39 is 15.8 Å². The summed E-state index contributed by atoms with van der Waals surface area (Å²) in [5.41, 5.74) is 2.12. The Bertz CT molecular complexity index is 902. The molecule has 1 heterocycles. The van der Waals surface area contributed by atoms with E-state index in [1.807, 2.05) is 31.2 Å². The van der Waals surface area contributed by atoms with Gasteiger partial charge in [-0.25, -0.2) is 17.5 Å². The lowest BCUT2D eigenvalue weighted by Gasteiger charge is -2.35. The van der Waals surface area contributed by atoms with Gasteiger partial charge >= 0.3 is 0 Å². The van der Waals surface area contributed by atoms with Gasteiger partial charge < -0.3 is 4.74 Å². The maximum atomic E-state index is 13.5. The predicted molar refractivity (Wildman–Crippen MR) is 103 cm³/mol. The molecule has 0 spiro atoms. The molecule has 1 atom stereocenters. The first-order valence-electron chi connectivity index (χ1n) is 8.70. The van der Waals surface area contributed by atoms with Gasteiger partial charge in [0.25, 0.3) is 0 Å².